The Morgan fingerprint density at radius 3 is 2.12 bits per heavy atom. The van der Waals surface area contributed by atoms with Crippen molar-refractivity contribution in [3.63, 3.8) is 0 Å². The molecule has 0 heterocycles. The summed E-state index contributed by atoms with van der Waals surface area (Å²) < 4.78 is 5.14. The van der Waals surface area contributed by atoms with E-state index in [0.29, 0.717) is 5.11 Å². The van der Waals surface area contributed by atoms with Crippen molar-refractivity contribution in [3.8, 4) is 5.75 Å². The molecule has 4 aliphatic carbocycles. The number of anilines is 1. The van der Waals surface area contributed by atoms with Crippen molar-refractivity contribution in [2.45, 2.75) is 38.5 Å². The summed E-state index contributed by atoms with van der Waals surface area (Å²) in [5.74, 6) is 3.16. The maximum atomic E-state index is 12.9. The zero-order valence-corrected chi connectivity index (χ0v) is 15.3. The van der Waals surface area contributed by atoms with Crippen LogP contribution in [0.2, 0.25) is 0 Å². The highest BCUT2D eigenvalue weighted by atomic mass is 32.1. The summed E-state index contributed by atoms with van der Waals surface area (Å²) in [5, 5.41) is 3.46. The quantitative estimate of drug-likeness (QED) is 0.571. The van der Waals surface area contributed by atoms with Gasteiger partial charge in [-0.2, -0.15) is 0 Å². The summed E-state index contributed by atoms with van der Waals surface area (Å²) in [5.41, 5.74) is 6.42. The molecule has 1 amide bonds. The predicted molar refractivity (Wildman–Crippen MR) is 101 cm³/mol. The Morgan fingerprint density at radius 1 is 1.04 bits per heavy atom. The second-order valence-corrected chi connectivity index (χ2v) is 8.37. The fraction of sp³-hybridized carbons (Fsp3) is 0.579. The number of thiocarbonyl (C=S) groups is 1. The number of hydrogen-bond donors (Lipinski definition) is 3. The smallest absolute Gasteiger partial charge is 0.244 e. The zero-order chi connectivity index (χ0) is 17.4. The Morgan fingerprint density at radius 2 is 1.60 bits per heavy atom. The normalized spacial score (nSPS) is 32.1. The first-order valence-corrected chi connectivity index (χ1v) is 9.49. The van der Waals surface area contributed by atoms with Crippen molar-refractivity contribution in [1.82, 2.24) is 10.9 Å². The minimum atomic E-state index is -0.169. The van der Waals surface area contributed by atoms with E-state index < -0.39 is 0 Å². The highest BCUT2D eigenvalue weighted by molar-refractivity contribution is 7.80. The highest BCUT2D eigenvalue weighted by Gasteiger charge is 2.54. The zero-order valence-electron chi connectivity index (χ0n) is 14.5. The molecule has 1 aromatic carbocycles. The average molecular weight is 359 g/mol. The number of benzene rings is 1. The van der Waals surface area contributed by atoms with Crippen LogP contribution in [0.1, 0.15) is 38.5 Å². The lowest BCUT2D eigenvalue weighted by molar-refractivity contribution is -0.146. The fourth-order valence-electron chi connectivity index (χ4n) is 5.47. The average Bonchev–Trinajstić information content (AvgIpc) is 2.59. The molecule has 4 aliphatic rings. The second-order valence-electron chi connectivity index (χ2n) is 7.96. The number of hydrogen-bond acceptors (Lipinski definition) is 3. The van der Waals surface area contributed by atoms with E-state index in [1.807, 2.05) is 24.3 Å². The van der Waals surface area contributed by atoms with Crippen molar-refractivity contribution in [3.05, 3.63) is 24.3 Å². The Kier molecular flexibility index (Phi) is 4.31. The van der Waals surface area contributed by atoms with Crippen LogP contribution in [0.5, 0.6) is 5.75 Å². The minimum Gasteiger partial charge on any atom is -0.497 e. The molecular formula is C19H25N3O2S. The molecule has 6 heteroatoms. The molecule has 1 aromatic rings. The molecule has 134 valence electrons. The van der Waals surface area contributed by atoms with Crippen molar-refractivity contribution in [1.29, 1.82) is 0 Å². The van der Waals surface area contributed by atoms with E-state index in [1.54, 1.807) is 7.11 Å². The first kappa shape index (κ1) is 16.6. The predicted octanol–water partition coefficient (Wildman–Crippen LogP) is 3.23. The van der Waals surface area contributed by atoms with Crippen LogP contribution in [-0.2, 0) is 4.79 Å². The molecule has 4 bridgehead atoms. The molecule has 0 aliphatic heterocycles. The van der Waals surface area contributed by atoms with Gasteiger partial charge in [-0.25, -0.2) is 0 Å². The van der Waals surface area contributed by atoms with E-state index >= 15 is 0 Å². The summed E-state index contributed by atoms with van der Waals surface area (Å²) in [4.78, 5) is 12.9. The van der Waals surface area contributed by atoms with E-state index in [-0.39, 0.29) is 11.3 Å². The molecule has 0 spiro atoms. The van der Waals surface area contributed by atoms with Crippen molar-refractivity contribution in [2.24, 2.45) is 23.2 Å². The molecule has 0 saturated heterocycles. The molecule has 0 atom stereocenters. The summed E-state index contributed by atoms with van der Waals surface area (Å²) in [7, 11) is 1.63. The lowest BCUT2D eigenvalue weighted by Gasteiger charge is -2.55. The number of rotatable bonds is 3. The molecule has 3 N–H and O–H groups in total. The van der Waals surface area contributed by atoms with Gasteiger partial charge in [-0.1, -0.05) is 0 Å². The van der Waals surface area contributed by atoms with Crippen molar-refractivity contribution in [2.75, 3.05) is 12.4 Å². The van der Waals surface area contributed by atoms with Gasteiger partial charge < -0.3 is 10.1 Å². The van der Waals surface area contributed by atoms with Gasteiger partial charge in [0.2, 0.25) is 5.91 Å². The van der Waals surface area contributed by atoms with Crippen LogP contribution in [0.25, 0.3) is 0 Å². The Bertz CT molecular complexity index is 638. The lowest BCUT2D eigenvalue weighted by atomic mass is 9.49. The topological polar surface area (TPSA) is 62.4 Å². The maximum absolute atomic E-state index is 12.9. The number of amides is 1. The van der Waals surface area contributed by atoms with Crippen LogP contribution in [0.15, 0.2) is 24.3 Å². The van der Waals surface area contributed by atoms with E-state index in [9.17, 15) is 4.79 Å². The van der Waals surface area contributed by atoms with E-state index in [1.165, 1.54) is 19.3 Å². The van der Waals surface area contributed by atoms with Gasteiger partial charge in [0.25, 0.3) is 0 Å². The van der Waals surface area contributed by atoms with Crippen LogP contribution < -0.4 is 20.9 Å². The summed E-state index contributed by atoms with van der Waals surface area (Å²) in [6.45, 7) is 0. The summed E-state index contributed by atoms with van der Waals surface area (Å²) in [6, 6.07) is 7.49. The third-order valence-electron chi connectivity index (χ3n) is 6.16. The largest absolute Gasteiger partial charge is 0.497 e. The van der Waals surface area contributed by atoms with Gasteiger partial charge in [0, 0.05) is 5.69 Å². The monoisotopic (exact) mass is 359 g/mol. The fourth-order valence-corrected chi connectivity index (χ4v) is 5.64. The third-order valence-corrected chi connectivity index (χ3v) is 6.36. The molecule has 4 fully saturated rings. The van der Waals surface area contributed by atoms with Gasteiger partial charge in [-0.15, -0.1) is 0 Å². The van der Waals surface area contributed by atoms with Gasteiger partial charge >= 0.3 is 0 Å². The van der Waals surface area contributed by atoms with Gasteiger partial charge in [0.05, 0.1) is 12.5 Å². The number of carbonyl (C=O) groups is 1. The Balaban J connectivity index is 1.31. The van der Waals surface area contributed by atoms with Gasteiger partial charge in [0.1, 0.15) is 5.75 Å². The number of hydrazine groups is 1. The van der Waals surface area contributed by atoms with Crippen LogP contribution in [0.3, 0.4) is 0 Å². The Labute approximate surface area is 153 Å². The third kappa shape index (κ3) is 3.32. The van der Waals surface area contributed by atoms with Crippen LogP contribution in [0, 0.1) is 23.2 Å². The molecular weight excluding hydrogens is 334 g/mol. The number of nitrogens with one attached hydrogen (secondary N) is 3. The van der Waals surface area contributed by atoms with Crippen LogP contribution >= 0.6 is 12.2 Å². The summed E-state index contributed by atoms with van der Waals surface area (Å²) in [6.07, 6.45) is 7.13. The minimum absolute atomic E-state index is 0.116. The molecule has 0 aromatic heterocycles. The van der Waals surface area contributed by atoms with Crippen molar-refractivity contribution < 1.29 is 9.53 Å². The molecule has 5 nitrogen and oxygen atoms in total. The molecule has 0 unspecified atom stereocenters. The first-order valence-electron chi connectivity index (χ1n) is 9.08. The Hall–Kier alpha value is -1.82. The van der Waals surface area contributed by atoms with E-state index in [0.717, 1.165) is 48.5 Å². The SMILES string of the molecule is COc1ccc(NC(=S)NNC(=O)C23CC4CC(CC(C4)C2)C3)cc1. The van der Waals surface area contributed by atoms with Gasteiger partial charge in [-0.05, 0) is 92.8 Å². The van der Waals surface area contributed by atoms with Crippen LogP contribution in [-0.4, -0.2) is 18.1 Å². The summed E-state index contributed by atoms with van der Waals surface area (Å²) >= 11 is 5.29. The molecule has 25 heavy (non-hydrogen) atoms. The lowest BCUT2D eigenvalue weighted by Crippen LogP contribution is -2.57. The highest BCUT2D eigenvalue weighted by Crippen LogP contribution is 2.60. The van der Waals surface area contributed by atoms with E-state index in [4.69, 9.17) is 17.0 Å². The van der Waals surface area contributed by atoms with Crippen molar-refractivity contribution >= 4 is 28.9 Å². The first-order chi connectivity index (χ1) is 12.1. The van der Waals surface area contributed by atoms with E-state index in [2.05, 4.69) is 16.2 Å². The second kappa shape index (κ2) is 6.48. The molecule has 5 rings (SSSR count). The van der Waals surface area contributed by atoms with Crippen LogP contribution in [0.4, 0.5) is 5.69 Å². The van der Waals surface area contributed by atoms with Gasteiger partial charge in [0.15, 0.2) is 5.11 Å². The number of ether oxygens (including phenoxy) is 1. The van der Waals surface area contributed by atoms with Gasteiger partial charge in [-0.3, -0.25) is 15.6 Å². The standard InChI is InChI=1S/C19H25N3O2S/c1-24-16-4-2-15(3-5-16)20-18(25)22-21-17(23)19-9-12-6-13(10-19)8-14(7-12)11-19/h2-5,12-14H,6-11H2,1H3,(H,21,23)(H2,20,22,25). The number of methoxy groups -OCH3 is 1. The molecule has 4 saturated carbocycles. The maximum Gasteiger partial charge on any atom is 0.244 e. The molecule has 0 radical (unpaired) electrons. The number of carbonyl (C=O) groups excluding carboxylic acids is 1.